The fraction of sp³-hybridized carbons (Fsp3) is 0.125. The molecule has 0 saturated heterocycles. The largest absolute Gasteiger partial charge is 0.247 e. The average Bonchev–Trinajstić information content (AvgIpc) is 2.05. The summed E-state index contributed by atoms with van der Waals surface area (Å²) in [6.45, 7) is 0. The third-order valence-corrected chi connectivity index (χ3v) is 1.89. The first-order valence-corrected chi connectivity index (χ1v) is 4.21. The molecular formula is C8H6FNOS. The minimum atomic E-state index is -0.275. The molecule has 0 aliphatic heterocycles. The Balaban J connectivity index is 2.57. The van der Waals surface area contributed by atoms with Crippen LogP contribution in [0.1, 0.15) is 5.56 Å². The van der Waals surface area contributed by atoms with Gasteiger partial charge in [0.05, 0.1) is 0 Å². The van der Waals surface area contributed by atoms with Gasteiger partial charge in [0.15, 0.2) is 0 Å². The molecule has 0 bridgehead atoms. The highest BCUT2D eigenvalue weighted by Gasteiger charge is 1.93. The quantitative estimate of drug-likeness (QED) is 0.409. The summed E-state index contributed by atoms with van der Waals surface area (Å²) in [4.78, 5) is 9.68. The van der Waals surface area contributed by atoms with Crippen LogP contribution in [0, 0.1) is 5.82 Å². The van der Waals surface area contributed by atoms with Gasteiger partial charge >= 0.3 is 0 Å². The maximum Gasteiger partial charge on any atom is 0.247 e. The molecule has 1 rings (SSSR count). The predicted molar refractivity (Wildman–Crippen MR) is 45.8 cm³/mol. The maximum absolute atomic E-state index is 12.6. The lowest BCUT2D eigenvalue weighted by Crippen LogP contribution is -1.80. The van der Waals surface area contributed by atoms with Crippen molar-refractivity contribution >= 4 is 18.0 Å². The second-order valence-corrected chi connectivity index (χ2v) is 2.82. The summed E-state index contributed by atoms with van der Waals surface area (Å²) in [6, 6.07) is 6.18. The van der Waals surface area contributed by atoms with Crippen molar-refractivity contribution in [3.05, 3.63) is 35.6 Å². The fourth-order valence-electron chi connectivity index (χ4n) is 0.760. The number of hydrogen-bond donors (Lipinski definition) is 0. The SMILES string of the molecule is O=C=NSCc1cccc(F)c1. The van der Waals surface area contributed by atoms with E-state index < -0.39 is 0 Å². The van der Waals surface area contributed by atoms with E-state index in [4.69, 9.17) is 0 Å². The minimum Gasteiger partial charge on any atom is -0.210 e. The molecule has 0 atom stereocenters. The highest BCUT2D eigenvalue weighted by atomic mass is 32.2. The molecule has 0 N–H and O–H groups in total. The van der Waals surface area contributed by atoms with Crippen molar-refractivity contribution in [2.75, 3.05) is 0 Å². The Morgan fingerprint density at radius 3 is 3.08 bits per heavy atom. The molecule has 0 unspecified atom stereocenters. The van der Waals surface area contributed by atoms with Crippen LogP contribution < -0.4 is 0 Å². The van der Waals surface area contributed by atoms with Gasteiger partial charge in [-0.05, 0) is 29.6 Å². The molecule has 0 fully saturated rings. The zero-order valence-corrected chi connectivity index (χ0v) is 6.97. The fourth-order valence-corrected chi connectivity index (χ4v) is 1.21. The monoisotopic (exact) mass is 183 g/mol. The van der Waals surface area contributed by atoms with Gasteiger partial charge in [-0.2, -0.15) is 0 Å². The summed E-state index contributed by atoms with van der Waals surface area (Å²) in [6.07, 6.45) is 1.40. The van der Waals surface area contributed by atoms with Crippen molar-refractivity contribution in [1.29, 1.82) is 0 Å². The Morgan fingerprint density at radius 2 is 2.42 bits per heavy atom. The Kier molecular flexibility index (Phi) is 3.51. The molecular weight excluding hydrogens is 177 g/mol. The van der Waals surface area contributed by atoms with Crippen LogP contribution in [-0.2, 0) is 10.5 Å². The Labute approximate surface area is 73.6 Å². The van der Waals surface area contributed by atoms with E-state index in [1.807, 2.05) is 0 Å². The molecule has 1 aromatic carbocycles. The van der Waals surface area contributed by atoms with Crippen molar-refractivity contribution < 1.29 is 9.18 Å². The van der Waals surface area contributed by atoms with E-state index in [0.717, 1.165) is 17.5 Å². The number of benzene rings is 1. The highest BCUT2D eigenvalue weighted by Crippen LogP contribution is 2.12. The van der Waals surface area contributed by atoms with Gasteiger partial charge in [0.1, 0.15) is 5.82 Å². The number of nitrogens with zero attached hydrogens (tertiary/aromatic N) is 1. The van der Waals surface area contributed by atoms with Gasteiger partial charge in [-0.3, -0.25) is 0 Å². The van der Waals surface area contributed by atoms with Crippen LogP contribution in [-0.4, -0.2) is 6.08 Å². The molecule has 0 aromatic heterocycles. The Bertz CT molecular complexity index is 310. The van der Waals surface area contributed by atoms with Crippen LogP contribution in [0.5, 0.6) is 0 Å². The standard InChI is InChI=1S/C8H6FNOS/c9-8-3-1-2-7(4-8)5-12-10-6-11/h1-4H,5H2. The molecule has 0 heterocycles. The summed E-state index contributed by atoms with van der Waals surface area (Å²) in [5.74, 6) is 0.218. The molecule has 2 nitrogen and oxygen atoms in total. The zero-order chi connectivity index (χ0) is 8.81. The first kappa shape index (κ1) is 8.97. The smallest absolute Gasteiger partial charge is 0.210 e. The van der Waals surface area contributed by atoms with Crippen molar-refractivity contribution in [2.45, 2.75) is 5.75 Å². The van der Waals surface area contributed by atoms with Crippen LogP contribution in [0.2, 0.25) is 0 Å². The van der Waals surface area contributed by atoms with E-state index >= 15 is 0 Å². The lowest BCUT2D eigenvalue weighted by Gasteiger charge is -1.95. The van der Waals surface area contributed by atoms with E-state index in [0.29, 0.717) is 5.75 Å². The predicted octanol–water partition coefficient (Wildman–Crippen LogP) is 2.31. The first-order chi connectivity index (χ1) is 5.83. The van der Waals surface area contributed by atoms with Crippen LogP contribution in [0.25, 0.3) is 0 Å². The lowest BCUT2D eigenvalue weighted by atomic mass is 10.2. The van der Waals surface area contributed by atoms with Gasteiger partial charge in [0.2, 0.25) is 6.08 Å². The van der Waals surface area contributed by atoms with Gasteiger partial charge in [-0.15, -0.1) is 4.40 Å². The molecule has 0 spiro atoms. The second kappa shape index (κ2) is 4.70. The average molecular weight is 183 g/mol. The molecule has 12 heavy (non-hydrogen) atoms. The Morgan fingerprint density at radius 1 is 1.58 bits per heavy atom. The minimum absolute atomic E-state index is 0.275. The molecule has 0 aliphatic rings. The van der Waals surface area contributed by atoms with E-state index in [9.17, 15) is 9.18 Å². The third kappa shape index (κ3) is 2.86. The van der Waals surface area contributed by atoms with Gasteiger partial charge in [-0.25, -0.2) is 9.18 Å². The van der Waals surface area contributed by atoms with Crippen LogP contribution >= 0.6 is 11.9 Å². The molecule has 0 saturated carbocycles. The van der Waals surface area contributed by atoms with Crippen molar-refractivity contribution in [2.24, 2.45) is 4.40 Å². The normalized spacial score (nSPS) is 9.08. The topological polar surface area (TPSA) is 29.4 Å². The van der Waals surface area contributed by atoms with Crippen LogP contribution in [0.4, 0.5) is 4.39 Å². The Hall–Kier alpha value is -1.12. The lowest BCUT2D eigenvalue weighted by molar-refractivity contribution is 0.566. The third-order valence-electron chi connectivity index (χ3n) is 1.22. The zero-order valence-electron chi connectivity index (χ0n) is 6.16. The van der Waals surface area contributed by atoms with Crippen LogP contribution in [0.15, 0.2) is 28.7 Å². The van der Waals surface area contributed by atoms with E-state index in [2.05, 4.69) is 4.40 Å². The summed E-state index contributed by atoms with van der Waals surface area (Å²) in [7, 11) is 0. The number of isocyanates is 1. The second-order valence-electron chi connectivity index (χ2n) is 2.09. The van der Waals surface area contributed by atoms with Gasteiger partial charge in [0.25, 0.3) is 0 Å². The van der Waals surface area contributed by atoms with E-state index in [1.54, 1.807) is 12.1 Å². The molecule has 62 valence electrons. The van der Waals surface area contributed by atoms with Crippen LogP contribution in [0.3, 0.4) is 0 Å². The molecule has 4 heteroatoms. The molecule has 0 aliphatic carbocycles. The van der Waals surface area contributed by atoms with E-state index in [-0.39, 0.29) is 5.82 Å². The molecule has 0 amide bonds. The number of halogens is 1. The number of hydrogen-bond acceptors (Lipinski definition) is 3. The van der Waals surface area contributed by atoms with Gasteiger partial charge in [0, 0.05) is 5.75 Å². The number of rotatable bonds is 3. The van der Waals surface area contributed by atoms with Crippen molar-refractivity contribution in [1.82, 2.24) is 0 Å². The molecule has 1 aromatic rings. The summed E-state index contributed by atoms with van der Waals surface area (Å²) >= 11 is 1.05. The maximum atomic E-state index is 12.6. The first-order valence-electron chi connectivity index (χ1n) is 3.26. The summed E-state index contributed by atoms with van der Waals surface area (Å²) < 4.78 is 15.8. The summed E-state index contributed by atoms with van der Waals surface area (Å²) in [5.41, 5.74) is 0.805. The summed E-state index contributed by atoms with van der Waals surface area (Å²) in [5, 5.41) is 0. The van der Waals surface area contributed by atoms with Gasteiger partial charge in [-0.1, -0.05) is 12.1 Å². The highest BCUT2D eigenvalue weighted by molar-refractivity contribution is 7.97. The number of carbonyl (C=O) groups excluding carboxylic acids is 1. The van der Waals surface area contributed by atoms with Crippen molar-refractivity contribution in [3.8, 4) is 0 Å². The molecule has 0 radical (unpaired) electrons. The van der Waals surface area contributed by atoms with E-state index in [1.165, 1.54) is 18.2 Å². The van der Waals surface area contributed by atoms with Crippen molar-refractivity contribution in [3.63, 3.8) is 0 Å². The van der Waals surface area contributed by atoms with Gasteiger partial charge < -0.3 is 0 Å².